The molecule has 0 spiro atoms. The standard InChI is InChI=1S/C18H20N4OS/c1-5-6-19-16-15-14(20-9-21-16)13-11-7-18(3,4)23-8-12(11)10(2)22-17(13)24-15/h5,9H,1,6-8H2,2-4H3,(H,19,20,21). The van der Waals surface area contributed by atoms with E-state index in [9.17, 15) is 0 Å². The van der Waals surface area contributed by atoms with Crippen molar-refractivity contribution in [2.45, 2.75) is 39.4 Å². The minimum Gasteiger partial charge on any atom is -0.370 e. The maximum Gasteiger partial charge on any atom is 0.147 e. The van der Waals surface area contributed by atoms with Crippen LogP contribution in [-0.4, -0.2) is 27.1 Å². The van der Waals surface area contributed by atoms with Gasteiger partial charge in [0.05, 0.1) is 22.4 Å². The normalized spacial score (nSPS) is 16.3. The summed E-state index contributed by atoms with van der Waals surface area (Å²) in [6, 6.07) is 0. The Morgan fingerprint density at radius 1 is 1.38 bits per heavy atom. The van der Waals surface area contributed by atoms with Crippen molar-refractivity contribution in [2.75, 3.05) is 11.9 Å². The van der Waals surface area contributed by atoms with Crippen LogP contribution in [0.2, 0.25) is 0 Å². The quantitative estimate of drug-likeness (QED) is 0.730. The van der Waals surface area contributed by atoms with Crippen molar-refractivity contribution in [2.24, 2.45) is 0 Å². The molecule has 0 radical (unpaired) electrons. The van der Waals surface area contributed by atoms with E-state index in [2.05, 4.69) is 42.6 Å². The molecule has 1 aliphatic heterocycles. The molecule has 6 heteroatoms. The van der Waals surface area contributed by atoms with Gasteiger partial charge < -0.3 is 10.1 Å². The average Bonchev–Trinajstić information content (AvgIpc) is 2.90. The predicted octanol–water partition coefficient (Wildman–Crippen LogP) is 4.00. The highest BCUT2D eigenvalue weighted by atomic mass is 32.1. The van der Waals surface area contributed by atoms with E-state index in [0.717, 1.165) is 38.4 Å². The third-order valence-corrected chi connectivity index (χ3v) is 5.53. The van der Waals surface area contributed by atoms with Gasteiger partial charge in [-0.15, -0.1) is 17.9 Å². The number of hydrogen-bond acceptors (Lipinski definition) is 6. The van der Waals surface area contributed by atoms with Crippen LogP contribution in [0.5, 0.6) is 0 Å². The summed E-state index contributed by atoms with van der Waals surface area (Å²) in [5.74, 6) is 0.848. The summed E-state index contributed by atoms with van der Waals surface area (Å²) in [7, 11) is 0. The fourth-order valence-corrected chi connectivity index (χ4v) is 4.43. The molecule has 0 saturated heterocycles. The van der Waals surface area contributed by atoms with E-state index < -0.39 is 0 Å². The third-order valence-electron chi connectivity index (χ3n) is 4.45. The van der Waals surface area contributed by atoms with Crippen molar-refractivity contribution in [1.29, 1.82) is 0 Å². The molecule has 5 nitrogen and oxygen atoms in total. The Morgan fingerprint density at radius 2 is 2.21 bits per heavy atom. The zero-order valence-electron chi connectivity index (χ0n) is 14.1. The van der Waals surface area contributed by atoms with Crippen molar-refractivity contribution in [3.05, 3.63) is 35.8 Å². The number of thiophene rings is 1. The van der Waals surface area contributed by atoms with Gasteiger partial charge in [0.15, 0.2) is 0 Å². The Kier molecular flexibility index (Phi) is 3.54. The van der Waals surface area contributed by atoms with Crippen molar-refractivity contribution >= 4 is 37.6 Å². The molecule has 0 bridgehead atoms. The Labute approximate surface area is 144 Å². The van der Waals surface area contributed by atoms with Gasteiger partial charge in [-0.2, -0.15) is 0 Å². The number of fused-ring (bicyclic) bond motifs is 5. The summed E-state index contributed by atoms with van der Waals surface area (Å²) in [6.45, 7) is 11.4. The van der Waals surface area contributed by atoms with Crippen LogP contribution in [0.25, 0.3) is 20.4 Å². The zero-order valence-corrected chi connectivity index (χ0v) is 15.0. The van der Waals surface area contributed by atoms with Crippen LogP contribution in [0.4, 0.5) is 5.82 Å². The molecule has 0 saturated carbocycles. The molecule has 3 aromatic heterocycles. The van der Waals surface area contributed by atoms with Gasteiger partial charge in [-0.25, -0.2) is 15.0 Å². The summed E-state index contributed by atoms with van der Waals surface area (Å²) < 4.78 is 7.05. The van der Waals surface area contributed by atoms with Gasteiger partial charge in [-0.3, -0.25) is 0 Å². The van der Waals surface area contributed by atoms with Crippen molar-refractivity contribution < 1.29 is 4.74 Å². The van der Waals surface area contributed by atoms with E-state index in [1.54, 1.807) is 17.7 Å². The molecule has 0 fully saturated rings. The molecule has 0 atom stereocenters. The van der Waals surface area contributed by atoms with Crippen LogP contribution in [0.15, 0.2) is 19.0 Å². The number of hydrogen-bond donors (Lipinski definition) is 1. The van der Waals surface area contributed by atoms with E-state index in [1.165, 1.54) is 11.1 Å². The highest BCUT2D eigenvalue weighted by Crippen LogP contribution is 2.41. The number of anilines is 1. The number of rotatable bonds is 3. The summed E-state index contributed by atoms with van der Waals surface area (Å²) in [4.78, 5) is 14.8. The molecule has 3 aromatic rings. The van der Waals surface area contributed by atoms with Crippen LogP contribution in [0, 0.1) is 6.92 Å². The highest BCUT2D eigenvalue weighted by Gasteiger charge is 2.30. The SMILES string of the molecule is C=CCNc1ncnc2c1sc1nc(C)c3c(c12)CC(C)(C)OC3. The minimum absolute atomic E-state index is 0.168. The van der Waals surface area contributed by atoms with Gasteiger partial charge in [-0.05, 0) is 26.3 Å². The maximum absolute atomic E-state index is 5.99. The van der Waals surface area contributed by atoms with Crippen molar-refractivity contribution in [1.82, 2.24) is 15.0 Å². The Morgan fingerprint density at radius 3 is 3.00 bits per heavy atom. The smallest absolute Gasteiger partial charge is 0.147 e. The van der Waals surface area contributed by atoms with Gasteiger partial charge in [-0.1, -0.05) is 6.08 Å². The van der Waals surface area contributed by atoms with E-state index in [4.69, 9.17) is 9.72 Å². The number of ether oxygens (including phenoxy) is 1. The lowest BCUT2D eigenvalue weighted by Crippen LogP contribution is -2.32. The van der Waals surface area contributed by atoms with E-state index >= 15 is 0 Å². The fourth-order valence-electron chi connectivity index (χ4n) is 3.26. The Hall–Kier alpha value is -2.05. The lowest BCUT2D eigenvalue weighted by atomic mass is 9.89. The van der Waals surface area contributed by atoms with Crippen LogP contribution in [0.1, 0.15) is 30.7 Å². The molecule has 0 amide bonds. The number of nitrogens with one attached hydrogen (secondary N) is 1. The maximum atomic E-state index is 5.99. The number of aromatic nitrogens is 3. The summed E-state index contributed by atoms with van der Waals surface area (Å²) >= 11 is 1.65. The van der Waals surface area contributed by atoms with Crippen molar-refractivity contribution in [3.63, 3.8) is 0 Å². The minimum atomic E-state index is -0.168. The molecule has 1 aliphatic rings. The van der Waals surface area contributed by atoms with E-state index in [1.807, 2.05) is 6.08 Å². The molecular formula is C18H20N4OS. The second-order valence-corrected chi connectivity index (χ2v) is 7.73. The van der Waals surface area contributed by atoms with Gasteiger partial charge in [0.2, 0.25) is 0 Å². The number of aryl methyl sites for hydroxylation is 1. The first-order valence-corrected chi connectivity index (χ1v) is 8.86. The van der Waals surface area contributed by atoms with Crippen LogP contribution in [0.3, 0.4) is 0 Å². The van der Waals surface area contributed by atoms with Gasteiger partial charge >= 0.3 is 0 Å². The van der Waals surface area contributed by atoms with Gasteiger partial charge in [0.25, 0.3) is 0 Å². The fraction of sp³-hybridized carbons (Fsp3) is 0.389. The molecular weight excluding hydrogens is 320 g/mol. The summed E-state index contributed by atoms with van der Waals surface area (Å²) in [6.07, 6.45) is 4.31. The molecule has 124 valence electrons. The first-order chi connectivity index (χ1) is 11.5. The monoisotopic (exact) mass is 340 g/mol. The number of nitrogens with zero attached hydrogens (tertiary/aromatic N) is 3. The molecule has 4 rings (SSSR count). The molecule has 0 aromatic carbocycles. The van der Waals surface area contributed by atoms with Gasteiger partial charge in [0, 0.05) is 29.6 Å². The third kappa shape index (κ3) is 2.37. The largest absolute Gasteiger partial charge is 0.370 e. The molecule has 1 N–H and O–H groups in total. The van der Waals surface area contributed by atoms with Crippen LogP contribution >= 0.6 is 11.3 Å². The molecule has 0 unspecified atom stereocenters. The van der Waals surface area contributed by atoms with Crippen molar-refractivity contribution in [3.8, 4) is 0 Å². The topological polar surface area (TPSA) is 59.9 Å². The Balaban J connectivity index is 2.02. The van der Waals surface area contributed by atoms with E-state index in [0.29, 0.717) is 13.2 Å². The number of pyridine rings is 1. The highest BCUT2D eigenvalue weighted by molar-refractivity contribution is 7.26. The van der Waals surface area contributed by atoms with Crippen LogP contribution in [-0.2, 0) is 17.8 Å². The first-order valence-electron chi connectivity index (χ1n) is 8.04. The lowest BCUT2D eigenvalue weighted by Gasteiger charge is -2.32. The van der Waals surface area contributed by atoms with Crippen LogP contribution < -0.4 is 5.32 Å². The summed E-state index contributed by atoms with van der Waals surface area (Å²) in [5.41, 5.74) is 4.40. The second kappa shape index (κ2) is 5.50. The molecule has 24 heavy (non-hydrogen) atoms. The van der Waals surface area contributed by atoms with Gasteiger partial charge in [0.1, 0.15) is 17.0 Å². The lowest BCUT2D eigenvalue weighted by molar-refractivity contribution is -0.0400. The van der Waals surface area contributed by atoms with E-state index in [-0.39, 0.29) is 5.60 Å². The molecule has 4 heterocycles. The Bertz CT molecular complexity index is 961. The summed E-state index contributed by atoms with van der Waals surface area (Å²) in [5, 5.41) is 4.46. The second-order valence-electron chi connectivity index (χ2n) is 6.73. The molecule has 0 aliphatic carbocycles. The first kappa shape index (κ1) is 15.5. The average molecular weight is 340 g/mol. The predicted molar refractivity (Wildman–Crippen MR) is 98.7 cm³/mol. The zero-order chi connectivity index (χ0) is 16.9.